The lowest BCUT2D eigenvalue weighted by atomic mass is 10.3. The highest BCUT2D eigenvalue weighted by Crippen LogP contribution is 2.05. The number of carbonyl (C=O) groups is 6. The first-order valence-corrected chi connectivity index (χ1v) is 4.92. The van der Waals surface area contributed by atoms with Gasteiger partial charge in [-0.25, -0.2) is 19.2 Å². The van der Waals surface area contributed by atoms with E-state index in [4.69, 9.17) is 0 Å². The fraction of sp³-hybridized carbons (Fsp3) is 0.250. The summed E-state index contributed by atoms with van der Waals surface area (Å²) in [5.74, 6) is -4.48. The fourth-order valence-corrected chi connectivity index (χ4v) is 1.02. The van der Waals surface area contributed by atoms with Crippen LogP contribution in [0.3, 0.4) is 0 Å². The summed E-state index contributed by atoms with van der Waals surface area (Å²) in [6.45, 7) is 0. The predicted molar refractivity (Wildman–Crippen MR) is 54.5 cm³/mol. The van der Waals surface area contributed by atoms with Crippen molar-refractivity contribution in [3.63, 3.8) is 0 Å². The molecule has 1 saturated heterocycles. The second-order valence-electron chi connectivity index (χ2n) is 3.30. The van der Waals surface area contributed by atoms with Crippen molar-refractivity contribution in [3.8, 4) is 0 Å². The van der Waals surface area contributed by atoms with Crippen LogP contribution in [0.1, 0.15) is 12.8 Å². The molecule has 0 aromatic rings. The van der Waals surface area contributed by atoms with E-state index in [1.807, 2.05) is 0 Å². The smallest absolute Gasteiger partial charge is 0.349 e. The Bertz CT molecular complexity index is 481. The topological polar surface area (TPSA) is 174 Å². The lowest BCUT2D eigenvalue weighted by Gasteiger charge is -2.22. The second kappa shape index (κ2) is 6.12. The molecule has 12 heteroatoms. The molecular weight excluding hydrogens is 280 g/mol. The van der Waals surface area contributed by atoms with E-state index in [1.165, 1.54) is 5.48 Å². The first-order valence-electron chi connectivity index (χ1n) is 4.92. The molecule has 4 N–H and O–H groups in total. The number of barbiturate groups is 1. The lowest BCUT2D eigenvalue weighted by molar-refractivity contribution is -0.190. The summed E-state index contributed by atoms with van der Waals surface area (Å²) in [4.78, 5) is 73.9. The van der Waals surface area contributed by atoms with Crippen LogP contribution in [0.2, 0.25) is 0 Å². The highest BCUT2D eigenvalue weighted by atomic mass is 16.7. The average molecular weight is 288 g/mol. The molecule has 20 heavy (non-hydrogen) atoms. The molecule has 0 radical (unpaired) electrons. The highest BCUT2D eigenvalue weighted by Gasteiger charge is 2.34. The molecule has 1 heterocycles. The maximum absolute atomic E-state index is 11.2. The normalized spacial score (nSPS) is 14.4. The van der Waals surface area contributed by atoms with Gasteiger partial charge in [-0.05, 0) is 0 Å². The number of hydroxylamine groups is 3. The van der Waals surface area contributed by atoms with Crippen LogP contribution in [0.4, 0.5) is 9.59 Å². The van der Waals surface area contributed by atoms with Gasteiger partial charge in [-0.15, -0.1) is 0 Å². The number of amides is 6. The monoisotopic (exact) mass is 288 g/mol. The van der Waals surface area contributed by atoms with Gasteiger partial charge in [0.2, 0.25) is 5.91 Å². The number of carbonyl (C=O) groups excluding carboxylic acids is 6. The highest BCUT2D eigenvalue weighted by molar-refractivity contribution is 6.13. The Morgan fingerprint density at radius 1 is 1.25 bits per heavy atom. The molecule has 1 fully saturated rings. The minimum Gasteiger partial charge on any atom is -0.349 e. The van der Waals surface area contributed by atoms with Crippen molar-refractivity contribution in [1.82, 2.24) is 15.9 Å². The third-order valence-electron chi connectivity index (χ3n) is 1.72. The summed E-state index contributed by atoms with van der Waals surface area (Å²) >= 11 is 0. The van der Waals surface area contributed by atoms with E-state index < -0.39 is 48.7 Å². The van der Waals surface area contributed by atoms with Crippen molar-refractivity contribution in [2.45, 2.75) is 12.8 Å². The van der Waals surface area contributed by atoms with Crippen molar-refractivity contribution in [3.05, 3.63) is 0 Å². The fourth-order valence-electron chi connectivity index (χ4n) is 1.02. The minimum atomic E-state index is -1.32. The number of imide groups is 2. The molecule has 0 aliphatic carbocycles. The molecule has 108 valence electrons. The van der Waals surface area contributed by atoms with Crippen molar-refractivity contribution >= 4 is 35.8 Å². The molecule has 0 aromatic carbocycles. The van der Waals surface area contributed by atoms with Crippen molar-refractivity contribution in [2.24, 2.45) is 5.73 Å². The van der Waals surface area contributed by atoms with Crippen LogP contribution in [0.25, 0.3) is 0 Å². The van der Waals surface area contributed by atoms with Crippen molar-refractivity contribution in [2.75, 3.05) is 0 Å². The Labute approximate surface area is 110 Å². The Morgan fingerprint density at radius 2 is 1.90 bits per heavy atom. The average Bonchev–Trinajstić information content (AvgIpc) is 2.31. The Morgan fingerprint density at radius 3 is 2.45 bits per heavy atom. The maximum atomic E-state index is 11.2. The summed E-state index contributed by atoms with van der Waals surface area (Å²) in [6, 6.07) is -2.43. The van der Waals surface area contributed by atoms with Gasteiger partial charge in [0, 0.05) is 0 Å². The van der Waals surface area contributed by atoms with Crippen molar-refractivity contribution < 1.29 is 38.4 Å². The molecule has 6 amide bonds. The number of primary amides is 1. The molecule has 0 spiro atoms. The van der Waals surface area contributed by atoms with Gasteiger partial charge in [-0.2, -0.15) is 5.48 Å². The molecule has 0 saturated carbocycles. The third kappa shape index (κ3) is 4.25. The van der Waals surface area contributed by atoms with Gasteiger partial charge in [0.15, 0.2) is 0 Å². The van der Waals surface area contributed by atoms with Gasteiger partial charge in [0.05, 0.1) is 0 Å². The Kier molecular flexibility index (Phi) is 4.56. The van der Waals surface area contributed by atoms with Gasteiger partial charge >= 0.3 is 24.0 Å². The van der Waals surface area contributed by atoms with Crippen LogP contribution in [0.5, 0.6) is 0 Å². The van der Waals surface area contributed by atoms with E-state index >= 15 is 0 Å². The molecular formula is C8H8N4O8. The largest absolute Gasteiger partial charge is 0.364 e. The summed E-state index contributed by atoms with van der Waals surface area (Å²) in [5.41, 5.74) is 6.04. The summed E-state index contributed by atoms with van der Waals surface area (Å²) in [5, 5.41) is 1.72. The Hall–Kier alpha value is -3.18. The van der Waals surface area contributed by atoms with Crippen LogP contribution in [-0.4, -0.2) is 40.9 Å². The summed E-state index contributed by atoms with van der Waals surface area (Å²) in [6.07, 6.45) is -1.70. The van der Waals surface area contributed by atoms with E-state index in [1.54, 1.807) is 5.32 Å². The Balaban J connectivity index is 2.47. The molecule has 0 atom stereocenters. The quantitative estimate of drug-likeness (QED) is 0.375. The number of nitrogens with zero attached hydrogens (tertiary/aromatic N) is 1. The van der Waals surface area contributed by atoms with Crippen molar-refractivity contribution in [1.29, 1.82) is 0 Å². The van der Waals surface area contributed by atoms with E-state index in [-0.39, 0.29) is 5.06 Å². The molecule has 1 rings (SSSR count). The number of hydrogen-bond acceptors (Lipinski definition) is 8. The molecule has 1 aliphatic rings. The summed E-state index contributed by atoms with van der Waals surface area (Å²) < 4.78 is 0. The maximum Gasteiger partial charge on any atom is 0.364 e. The third-order valence-corrected chi connectivity index (χ3v) is 1.72. The van der Waals surface area contributed by atoms with Crippen LogP contribution >= 0.6 is 0 Å². The zero-order chi connectivity index (χ0) is 15.3. The van der Waals surface area contributed by atoms with Gasteiger partial charge in [0.25, 0.3) is 5.91 Å². The number of urea groups is 2. The molecule has 12 nitrogen and oxygen atoms in total. The predicted octanol–water partition coefficient (Wildman–Crippen LogP) is -2.57. The van der Waals surface area contributed by atoms with E-state index in [0.717, 1.165) is 0 Å². The van der Waals surface area contributed by atoms with Gasteiger partial charge in [0.1, 0.15) is 12.8 Å². The van der Waals surface area contributed by atoms with Crippen LogP contribution < -0.4 is 16.5 Å². The molecule has 0 bridgehead atoms. The number of nitrogens with two attached hydrogens (primary N) is 1. The van der Waals surface area contributed by atoms with Crippen LogP contribution in [-0.2, 0) is 28.9 Å². The first kappa shape index (κ1) is 14.9. The molecule has 0 aromatic heterocycles. The van der Waals surface area contributed by atoms with Gasteiger partial charge in [-0.3, -0.25) is 14.9 Å². The van der Waals surface area contributed by atoms with Crippen LogP contribution in [0.15, 0.2) is 0 Å². The minimum absolute atomic E-state index is 0.00146. The van der Waals surface area contributed by atoms with E-state index in [0.29, 0.717) is 0 Å². The summed E-state index contributed by atoms with van der Waals surface area (Å²) in [7, 11) is 0. The zero-order valence-corrected chi connectivity index (χ0v) is 9.70. The molecule has 0 unspecified atom stereocenters. The molecule has 1 aliphatic heterocycles. The number of nitrogens with one attached hydrogen (secondary N) is 2. The number of hydrogen-bond donors (Lipinski definition) is 3. The number of rotatable bonds is 3. The lowest BCUT2D eigenvalue weighted by Crippen LogP contribution is -2.53. The standard InChI is InChI=1S/C8H8N4O8/c9-7(17)11-19-5(15)2-6(16)20-12-4(14)1-3(13)10-8(12)18/h1-2H2,(H3,9,11,17)(H,10,13,18). The van der Waals surface area contributed by atoms with Crippen LogP contribution in [0, 0.1) is 0 Å². The zero-order valence-electron chi connectivity index (χ0n) is 9.70. The second-order valence-corrected chi connectivity index (χ2v) is 3.30. The van der Waals surface area contributed by atoms with Gasteiger partial charge in [-0.1, -0.05) is 5.06 Å². The first-order chi connectivity index (χ1) is 9.29. The SMILES string of the molecule is NC(=O)NOC(=O)CC(=O)ON1C(=O)CC(=O)NC1=O. The van der Waals surface area contributed by atoms with Gasteiger partial charge < -0.3 is 15.4 Å². The van der Waals surface area contributed by atoms with E-state index in [2.05, 4.69) is 15.4 Å². The van der Waals surface area contributed by atoms with E-state index in [9.17, 15) is 28.8 Å².